The summed E-state index contributed by atoms with van der Waals surface area (Å²) in [6.45, 7) is 3.02. The zero-order valence-corrected chi connectivity index (χ0v) is 11.5. The van der Waals surface area contributed by atoms with E-state index in [1.54, 1.807) is 23.5 Å². The molecule has 4 heteroatoms. The fourth-order valence-electron chi connectivity index (χ4n) is 2.44. The molecule has 0 saturated heterocycles. The van der Waals surface area contributed by atoms with E-state index < -0.39 is 0 Å². The van der Waals surface area contributed by atoms with Crippen LogP contribution in [0, 0.1) is 5.82 Å². The third-order valence-electron chi connectivity index (χ3n) is 3.50. The van der Waals surface area contributed by atoms with Gasteiger partial charge in [0.15, 0.2) is 5.78 Å². The maximum Gasteiger partial charge on any atom is 0.159 e. The molecule has 2 nitrogen and oxygen atoms in total. The van der Waals surface area contributed by atoms with Crippen molar-refractivity contribution < 1.29 is 9.18 Å². The van der Waals surface area contributed by atoms with Crippen LogP contribution in [0.4, 0.5) is 10.1 Å². The Morgan fingerprint density at radius 1 is 1.37 bits per heavy atom. The molecule has 2 aromatic rings. The Kier molecular flexibility index (Phi) is 3.11. The van der Waals surface area contributed by atoms with Gasteiger partial charge in [-0.05, 0) is 48.6 Å². The maximum absolute atomic E-state index is 14.1. The van der Waals surface area contributed by atoms with Gasteiger partial charge in [0.05, 0.1) is 5.69 Å². The summed E-state index contributed by atoms with van der Waals surface area (Å²) in [6, 6.07) is 6.85. The third-order valence-corrected chi connectivity index (χ3v) is 4.53. The number of benzene rings is 1. The molecule has 0 amide bonds. The molecule has 1 aromatic carbocycles. The second kappa shape index (κ2) is 4.78. The first-order chi connectivity index (χ1) is 9.15. The quantitative estimate of drug-likeness (QED) is 0.780. The van der Waals surface area contributed by atoms with E-state index in [0.29, 0.717) is 11.3 Å². The lowest BCUT2D eigenvalue weighted by molar-refractivity contribution is 0.101. The van der Waals surface area contributed by atoms with Crippen LogP contribution in [0.3, 0.4) is 0 Å². The average Bonchev–Trinajstić information content (AvgIpc) is 2.85. The van der Waals surface area contributed by atoms with Gasteiger partial charge in [0.1, 0.15) is 5.82 Å². The summed E-state index contributed by atoms with van der Waals surface area (Å²) in [6.07, 6.45) is 0.959. The van der Waals surface area contributed by atoms with Crippen LogP contribution in [0.5, 0.6) is 0 Å². The predicted molar refractivity (Wildman–Crippen MR) is 75.5 cm³/mol. The van der Waals surface area contributed by atoms with Gasteiger partial charge < -0.3 is 4.90 Å². The number of hydrogen-bond donors (Lipinski definition) is 0. The van der Waals surface area contributed by atoms with Crippen LogP contribution < -0.4 is 4.90 Å². The molecule has 0 fully saturated rings. The summed E-state index contributed by atoms with van der Waals surface area (Å²) in [7, 11) is 0. The van der Waals surface area contributed by atoms with Gasteiger partial charge in [0.25, 0.3) is 0 Å². The van der Waals surface area contributed by atoms with E-state index in [-0.39, 0.29) is 11.6 Å². The molecule has 0 atom stereocenters. The van der Waals surface area contributed by atoms with Gasteiger partial charge in [-0.1, -0.05) is 0 Å². The maximum atomic E-state index is 14.1. The van der Waals surface area contributed by atoms with Crippen molar-refractivity contribution in [2.24, 2.45) is 0 Å². The van der Waals surface area contributed by atoms with Gasteiger partial charge in [-0.25, -0.2) is 4.39 Å². The predicted octanol–water partition coefficient (Wildman–Crippen LogP) is 3.65. The Morgan fingerprint density at radius 3 is 2.95 bits per heavy atom. The number of carbonyl (C=O) groups excluding carboxylic acids is 1. The first-order valence-corrected chi connectivity index (χ1v) is 7.14. The Balaban J connectivity index is 1.90. The number of Topliss-reactive ketones (excluding diaryl/α,β-unsaturated/α-hetero) is 1. The molecule has 1 aromatic heterocycles. The monoisotopic (exact) mass is 275 g/mol. The Bertz CT molecular complexity index is 635. The first-order valence-electron chi connectivity index (χ1n) is 6.26. The van der Waals surface area contributed by atoms with Gasteiger partial charge in [-0.2, -0.15) is 0 Å². The number of nitrogens with zero attached hydrogens (tertiary/aromatic N) is 1. The van der Waals surface area contributed by atoms with Crippen molar-refractivity contribution in [3.8, 4) is 0 Å². The molecule has 19 heavy (non-hydrogen) atoms. The molecule has 2 heterocycles. The van der Waals surface area contributed by atoms with Crippen molar-refractivity contribution in [2.75, 3.05) is 11.4 Å². The highest BCUT2D eigenvalue weighted by Gasteiger charge is 2.20. The molecule has 3 rings (SSSR count). The Morgan fingerprint density at radius 2 is 2.21 bits per heavy atom. The minimum atomic E-state index is -0.314. The van der Waals surface area contributed by atoms with Crippen LogP contribution in [0.25, 0.3) is 0 Å². The molecule has 0 unspecified atom stereocenters. The smallest absolute Gasteiger partial charge is 0.159 e. The minimum Gasteiger partial charge on any atom is -0.364 e. The lowest BCUT2D eigenvalue weighted by Crippen LogP contribution is -2.30. The topological polar surface area (TPSA) is 20.3 Å². The summed E-state index contributed by atoms with van der Waals surface area (Å²) in [5, 5.41) is 2.09. The van der Waals surface area contributed by atoms with Crippen LogP contribution in [0.2, 0.25) is 0 Å². The summed E-state index contributed by atoms with van der Waals surface area (Å²) in [5.74, 6) is -0.421. The summed E-state index contributed by atoms with van der Waals surface area (Å²) in [5.41, 5.74) is 2.29. The molecule has 1 aliphatic rings. The highest BCUT2D eigenvalue weighted by atomic mass is 32.1. The molecular formula is C15H14FNOS. The number of thiophene rings is 1. The molecule has 0 bridgehead atoms. The van der Waals surface area contributed by atoms with Crippen molar-refractivity contribution in [1.82, 2.24) is 0 Å². The normalized spacial score (nSPS) is 14.3. The fraction of sp³-hybridized carbons (Fsp3) is 0.267. The second-order valence-electron chi connectivity index (χ2n) is 4.76. The van der Waals surface area contributed by atoms with E-state index in [1.165, 1.54) is 23.4 Å². The zero-order valence-electron chi connectivity index (χ0n) is 10.6. The van der Waals surface area contributed by atoms with Gasteiger partial charge in [-0.3, -0.25) is 4.79 Å². The Labute approximate surface area is 115 Å². The third kappa shape index (κ3) is 2.28. The lowest BCUT2D eigenvalue weighted by Gasteiger charge is -2.29. The van der Waals surface area contributed by atoms with Crippen molar-refractivity contribution in [2.45, 2.75) is 19.9 Å². The number of rotatable bonds is 2. The van der Waals surface area contributed by atoms with E-state index in [4.69, 9.17) is 0 Å². The SMILES string of the molecule is CC(=O)c1ccc(N2CCc3sccc3C2)c(F)c1. The van der Waals surface area contributed by atoms with Crippen LogP contribution in [-0.4, -0.2) is 12.3 Å². The highest BCUT2D eigenvalue weighted by Crippen LogP contribution is 2.29. The van der Waals surface area contributed by atoms with E-state index in [1.807, 2.05) is 4.90 Å². The molecule has 1 aliphatic heterocycles. The van der Waals surface area contributed by atoms with E-state index in [2.05, 4.69) is 11.4 Å². The number of fused-ring (bicyclic) bond motifs is 1. The summed E-state index contributed by atoms with van der Waals surface area (Å²) < 4.78 is 14.1. The number of hydrogen-bond acceptors (Lipinski definition) is 3. The van der Waals surface area contributed by atoms with Gasteiger partial charge in [0, 0.05) is 23.5 Å². The Hall–Kier alpha value is -1.68. The summed E-state index contributed by atoms with van der Waals surface area (Å²) >= 11 is 1.77. The van der Waals surface area contributed by atoms with Crippen LogP contribution in [0.1, 0.15) is 27.7 Å². The van der Waals surface area contributed by atoms with Crippen LogP contribution in [0.15, 0.2) is 29.6 Å². The molecule has 0 saturated carbocycles. The number of anilines is 1. The number of halogens is 1. The van der Waals surface area contributed by atoms with Crippen molar-refractivity contribution in [1.29, 1.82) is 0 Å². The molecule has 0 N–H and O–H groups in total. The van der Waals surface area contributed by atoms with Crippen molar-refractivity contribution in [3.05, 3.63) is 51.5 Å². The molecule has 98 valence electrons. The molecular weight excluding hydrogens is 261 g/mol. The second-order valence-corrected chi connectivity index (χ2v) is 5.76. The lowest BCUT2D eigenvalue weighted by atomic mass is 10.1. The van der Waals surface area contributed by atoms with Crippen LogP contribution in [-0.2, 0) is 13.0 Å². The molecule has 0 aliphatic carbocycles. The first kappa shape index (κ1) is 12.4. The average molecular weight is 275 g/mol. The van der Waals surface area contributed by atoms with Gasteiger partial charge in [0.2, 0.25) is 0 Å². The number of carbonyl (C=O) groups is 1. The van der Waals surface area contributed by atoms with Crippen molar-refractivity contribution in [3.63, 3.8) is 0 Å². The van der Waals surface area contributed by atoms with E-state index in [9.17, 15) is 9.18 Å². The summed E-state index contributed by atoms with van der Waals surface area (Å²) in [4.78, 5) is 14.7. The standard InChI is InChI=1S/C15H14FNOS/c1-10(18)11-2-3-14(13(16)8-11)17-6-4-15-12(9-17)5-7-19-15/h2-3,5,7-8H,4,6,9H2,1H3. The van der Waals surface area contributed by atoms with Crippen molar-refractivity contribution >= 4 is 22.8 Å². The molecule has 0 radical (unpaired) electrons. The van der Waals surface area contributed by atoms with Crippen LogP contribution >= 0.6 is 11.3 Å². The van der Waals surface area contributed by atoms with Gasteiger partial charge >= 0.3 is 0 Å². The zero-order chi connectivity index (χ0) is 13.4. The van der Waals surface area contributed by atoms with Gasteiger partial charge in [-0.15, -0.1) is 11.3 Å². The van der Waals surface area contributed by atoms with E-state index >= 15 is 0 Å². The minimum absolute atomic E-state index is 0.107. The largest absolute Gasteiger partial charge is 0.364 e. The number of ketones is 1. The fourth-order valence-corrected chi connectivity index (χ4v) is 3.33. The molecule has 0 spiro atoms. The van der Waals surface area contributed by atoms with E-state index in [0.717, 1.165) is 19.5 Å². The highest BCUT2D eigenvalue weighted by molar-refractivity contribution is 7.10.